The molecule has 13 heteroatoms. The topological polar surface area (TPSA) is 114 Å². The molecular formula is C34H47FN7O3S2-. The summed E-state index contributed by atoms with van der Waals surface area (Å²) in [4.78, 5) is 29.0. The standard InChI is InChI=1S/C33H47FN6O3S.CHNS/c1-23-21-38(33(4)12-16-37(17-13-33)32(41)30-24(2)35-22-36-25(30)3)18-19-40(23)31(27-6-5-7-28(34)20-27)26-10-14-39(15-11-26)44(42,43)29-8-9-29;2-1-3/h5-7,20,22-23,26,29,31H,8-19,21H2,1-4H3;3H/p-1/t23-,31+;/m1./s1. The van der Waals surface area contributed by atoms with Crippen molar-refractivity contribution in [3.05, 3.63) is 58.9 Å². The number of likely N-dealkylation sites (tertiary alicyclic amines) is 1. The van der Waals surface area contributed by atoms with Crippen LogP contribution in [0, 0.1) is 36.2 Å². The fraction of sp³-hybridized carbons (Fsp3) is 0.647. The molecule has 3 aliphatic heterocycles. The second-order valence-electron chi connectivity index (χ2n) is 13.8. The van der Waals surface area contributed by atoms with Gasteiger partial charge in [0.05, 0.1) is 22.2 Å². The summed E-state index contributed by atoms with van der Waals surface area (Å²) in [7, 11) is -3.18. The number of nitrogens with zero attached hydrogens (tertiary/aromatic N) is 7. The van der Waals surface area contributed by atoms with E-state index in [1.165, 1.54) is 17.8 Å². The lowest BCUT2D eigenvalue weighted by atomic mass is 9.82. The lowest BCUT2D eigenvalue weighted by Crippen LogP contribution is -2.63. The molecule has 256 valence electrons. The Morgan fingerprint density at radius 1 is 1.04 bits per heavy atom. The van der Waals surface area contributed by atoms with Crippen LogP contribution in [-0.4, -0.2) is 106 Å². The second-order valence-corrected chi connectivity index (χ2v) is 16.2. The zero-order chi connectivity index (χ0) is 33.9. The summed E-state index contributed by atoms with van der Waals surface area (Å²) in [6.45, 7) is 13.5. The number of thiocyanates is 1. The van der Waals surface area contributed by atoms with E-state index in [0.717, 1.165) is 75.1 Å². The molecule has 0 spiro atoms. The maximum absolute atomic E-state index is 14.5. The Morgan fingerprint density at radius 2 is 1.66 bits per heavy atom. The SMILES string of the molecule is Cc1ncnc(C)c1C(=O)N1CCC(C)(N2CCN([C@H](c3cccc(F)c3)C3CCN(S(=O)(=O)C4CC4)CC3)[C@H](C)C2)CC1.N#C[S-]. The Bertz CT molecular complexity index is 1550. The summed E-state index contributed by atoms with van der Waals surface area (Å²) in [5, 5.41) is 8.29. The molecule has 4 fully saturated rings. The van der Waals surface area contributed by atoms with Crippen molar-refractivity contribution in [3.63, 3.8) is 0 Å². The Hall–Kier alpha value is -2.76. The number of carbonyl (C=O) groups excluding carboxylic acids is 1. The van der Waals surface area contributed by atoms with E-state index in [1.807, 2.05) is 24.8 Å². The van der Waals surface area contributed by atoms with Crippen molar-refractivity contribution >= 4 is 28.6 Å². The van der Waals surface area contributed by atoms with Gasteiger partial charge in [-0.2, -0.15) is 0 Å². The summed E-state index contributed by atoms with van der Waals surface area (Å²) in [5.74, 6) is 0.0544. The molecule has 0 bridgehead atoms. The monoisotopic (exact) mass is 684 g/mol. The number of piperazine rings is 1. The first kappa shape index (κ1) is 35.5. The van der Waals surface area contributed by atoms with Gasteiger partial charge in [-0.05, 0) is 89.8 Å². The van der Waals surface area contributed by atoms with Gasteiger partial charge < -0.3 is 17.5 Å². The minimum Gasteiger partial charge on any atom is -0.696 e. The summed E-state index contributed by atoms with van der Waals surface area (Å²) < 4.78 is 42.0. The van der Waals surface area contributed by atoms with Crippen molar-refractivity contribution < 1.29 is 17.6 Å². The molecule has 1 aliphatic carbocycles. The highest BCUT2D eigenvalue weighted by Gasteiger charge is 2.45. The van der Waals surface area contributed by atoms with E-state index in [0.29, 0.717) is 31.7 Å². The van der Waals surface area contributed by atoms with Crippen molar-refractivity contribution in [1.29, 1.82) is 5.26 Å². The van der Waals surface area contributed by atoms with Gasteiger partial charge in [-0.25, -0.2) is 32.3 Å². The van der Waals surface area contributed by atoms with E-state index in [4.69, 9.17) is 5.26 Å². The van der Waals surface area contributed by atoms with E-state index in [2.05, 4.69) is 46.2 Å². The fourth-order valence-electron chi connectivity index (χ4n) is 7.89. The highest BCUT2D eigenvalue weighted by Crippen LogP contribution is 2.41. The number of aromatic nitrogens is 2. The summed E-state index contributed by atoms with van der Waals surface area (Å²) in [6, 6.07) is 7.29. The minimum atomic E-state index is -3.18. The number of nitriles is 1. The Labute approximate surface area is 284 Å². The van der Waals surface area contributed by atoms with E-state index >= 15 is 0 Å². The van der Waals surface area contributed by atoms with Crippen LogP contribution in [0.15, 0.2) is 30.6 Å². The molecule has 2 aromatic rings. The molecule has 4 aliphatic rings. The number of hydrogen-bond acceptors (Lipinski definition) is 9. The van der Waals surface area contributed by atoms with Gasteiger partial charge >= 0.3 is 0 Å². The van der Waals surface area contributed by atoms with Gasteiger partial charge in [0.25, 0.3) is 5.91 Å². The molecule has 2 atom stereocenters. The number of rotatable bonds is 7. The second kappa shape index (κ2) is 14.8. The first-order chi connectivity index (χ1) is 22.4. The maximum atomic E-state index is 14.5. The number of hydrogen-bond donors (Lipinski definition) is 0. The molecule has 0 radical (unpaired) electrons. The molecule has 0 N–H and O–H groups in total. The van der Waals surface area contributed by atoms with E-state index in [-0.39, 0.29) is 40.5 Å². The number of aryl methyl sites for hydroxylation is 2. The molecule has 0 unspecified atom stereocenters. The van der Waals surface area contributed by atoms with E-state index in [1.54, 1.807) is 16.4 Å². The van der Waals surface area contributed by atoms with Gasteiger partial charge in [-0.15, -0.1) is 0 Å². The van der Waals surface area contributed by atoms with Crippen LogP contribution < -0.4 is 0 Å². The van der Waals surface area contributed by atoms with Crippen LogP contribution in [0.4, 0.5) is 4.39 Å². The molecule has 47 heavy (non-hydrogen) atoms. The van der Waals surface area contributed by atoms with Crippen molar-refractivity contribution in [3.8, 4) is 5.40 Å². The normalized spacial score (nSPS) is 23.7. The molecule has 1 aromatic heterocycles. The molecule has 1 aromatic carbocycles. The third-order valence-corrected chi connectivity index (χ3v) is 13.2. The lowest BCUT2D eigenvalue weighted by molar-refractivity contribution is -0.0422. The molecular weight excluding hydrogens is 638 g/mol. The first-order valence-electron chi connectivity index (χ1n) is 16.7. The van der Waals surface area contributed by atoms with Crippen LogP contribution in [0.1, 0.15) is 85.7 Å². The summed E-state index contributed by atoms with van der Waals surface area (Å²) in [5.41, 5.74) is 3.05. The fourth-order valence-corrected chi connectivity index (χ4v) is 9.76. The van der Waals surface area contributed by atoms with Crippen LogP contribution in [0.5, 0.6) is 0 Å². The first-order valence-corrected chi connectivity index (χ1v) is 18.6. The number of sulfonamides is 1. The van der Waals surface area contributed by atoms with Gasteiger partial charge in [0, 0.05) is 63.4 Å². The summed E-state index contributed by atoms with van der Waals surface area (Å²) in [6.07, 6.45) is 6.45. The number of benzene rings is 1. The number of amides is 1. The number of carbonyl (C=O) groups is 1. The third kappa shape index (κ3) is 7.78. The Balaban J connectivity index is 0.00000139. The lowest BCUT2D eigenvalue weighted by Gasteiger charge is -2.54. The quantitative estimate of drug-likeness (QED) is 0.313. The largest absolute Gasteiger partial charge is 0.696 e. The minimum absolute atomic E-state index is 0.00866. The van der Waals surface area contributed by atoms with Crippen molar-refractivity contribution in [2.45, 2.75) is 89.1 Å². The Morgan fingerprint density at radius 3 is 2.21 bits per heavy atom. The summed E-state index contributed by atoms with van der Waals surface area (Å²) >= 11 is 3.70. The van der Waals surface area contributed by atoms with Crippen molar-refractivity contribution in [1.82, 2.24) is 29.0 Å². The molecule has 4 heterocycles. The molecule has 6 rings (SSSR count). The van der Waals surface area contributed by atoms with Gasteiger partial charge in [0.2, 0.25) is 10.0 Å². The van der Waals surface area contributed by atoms with Gasteiger partial charge in [0.15, 0.2) is 0 Å². The van der Waals surface area contributed by atoms with Crippen LogP contribution >= 0.6 is 0 Å². The molecule has 1 amide bonds. The van der Waals surface area contributed by atoms with Crippen LogP contribution in [-0.2, 0) is 22.7 Å². The van der Waals surface area contributed by atoms with Crippen LogP contribution in [0.2, 0.25) is 0 Å². The number of piperidine rings is 2. The predicted molar refractivity (Wildman–Crippen MR) is 181 cm³/mol. The average molecular weight is 685 g/mol. The van der Waals surface area contributed by atoms with Gasteiger partial charge in [-0.1, -0.05) is 17.5 Å². The smallest absolute Gasteiger partial charge is 0.257 e. The molecule has 10 nitrogen and oxygen atoms in total. The van der Waals surface area contributed by atoms with Gasteiger partial charge in [-0.3, -0.25) is 14.6 Å². The van der Waals surface area contributed by atoms with Gasteiger partial charge in [0.1, 0.15) is 12.1 Å². The highest BCUT2D eigenvalue weighted by atomic mass is 32.2. The zero-order valence-corrected chi connectivity index (χ0v) is 29.6. The maximum Gasteiger partial charge on any atom is 0.257 e. The van der Waals surface area contributed by atoms with E-state index in [9.17, 15) is 17.6 Å². The Kier molecular flexibility index (Phi) is 11.2. The predicted octanol–water partition coefficient (Wildman–Crippen LogP) is 4.19. The van der Waals surface area contributed by atoms with Crippen LogP contribution in [0.3, 0.4) is 0 Å². The zero-order valence-electron chi connectivity index (χ0n) is 27.9. The number of halogens is 1. The third-order valence-electron chi connectivity index (χ3n) is 10.8. The van der Waals surface area contributed by atoms with Crippen LogP contribution in [0.25, 0.3) is 0 Å². The van der Waals surface area contributed by atoms with Crippen molar-refractivity contribution in [2.24, 2.45) is 5.92 Å². The molecule has 3 saturated heterocycles. The van der Waals surface area contributed by atoms with E-state index < -0.39 is 10.0 Å². The van der Waals surface area contributed by atoms with Crippen molar-refractivity contribution in [2.75, 3.05) is 45.8 Å². The average Bonchev–Trinajstić information content (AvgIpc) is 3.90. The molecule has 1 saturated carbocycles. The highest BCUT2D eigenvalue weighted by molar-refractivity contribution is 7.90.